The molecule has 1 aliphatic heterocycles. The van der Waals surface area contributed by atoms with Gasteiger partial charge in [-0.05, 0) is 60.7 Å². The number of hydrogen-bond donors (Lipinski definition) is 2. The number of rotatable bonds is 9. The number of hydrogen-bond acceptors (Lipinski definition) is 8. The lowest BCUT2D eigenvalue weighted by Gasteiger charge is -2.34. The average molecular weight is 766 g/mol. The van der Waals surface area contributed by atoms with Crippen molar-refractivity contribution in [1.29, 1.82) is 0 Å². The molecule has 6 rings (SSSR count). The molecular formula is C38H38F3N5O7S. The van der Waals surface area contributed by atoms with E-state index in [0.717, 1.165) is 66.1 Å². The number of carbonyl (C=O) groups is 2. The molecule has 2 aromatic heterocycles. The predicted molar refractivity (Wildman–Crippen MR) is 198 cm³/mol. The van der Waals surface area contributed by atoms with Gasteiger partial charge in [0.05, 0.1) is 30.8 Å². The molecule has 1 fully saturated rings. The fourth-order valence-corrected chi connectivity index (χ4v) is 5.67. The molecule has 284 valence electrons. The van der Waals surface area contributed by atoms with Crippen LogP contribution < -0.4 is 14.8 Å². The number of aryl methyl sites for hydroxylation is 1. The Bertz CT molecular complexity index is 2220. The summed E-state index contributed by atoms with van der Waals surface area (Å²) in [5.41, 5.74) is 2.10. The Hall–Kier alpha value is -5.71. The van der Waals surface area contributed by atoms with E-state index in [4.69, 9.17) is 14.0 Å². The Morgan fingerprint density at radius 1 is 0.963 bits per heavy atom. The molecule has 16 heteroatoms. The van der Waals surface area contributed by atoms with Gasteiger partial charge in [-0.3, -0.25) is 19.0 Å². The van der Waals surface area contributed by atoms with Gasteiger partial charge in [-0.25, -0.2) is 4.98 Å². The van der Waals surface area contributed by atoms with Crippen LogP contribution in [0.3, 0.4) is 0 Å². The first-order valence-corrected chi connectivity index (χ1v) is 18.4. The van der Waals surface area contributed by atoms with Crippen LogP contribution in [0, 0.1) is 0 Å². The van der Waals surface area contributed by atoms with Gasteiger partial charge in [-0.1, -0.05) is 30.4 Å². The van der Waals surface area contributed by atoms with Crippen molar-refractivity contribution in [2.24, 2.45) is 7.05 Å². The van der Waals surface area contributed by atoms with E-state index in [9.17, 15) is 31.2 Å². The quantitative estimate of drug-likeness (QED) is 0.158. The highest BCUT2D eigenvalue weighted by molar-refractivity contribution is 7.85. The van der Waals surface area contributed by atoms with Crippen LogP contribution in [0.4, 0.5) is 18.9 Å². The van der Waals surface area contributed by atoms with Gasteiger partial charge in [0.25, 0.3) is 21.9 Å². The fourth-order valence-electron chi connectivity index (χ4n) is 5.67. The number of carbonyl (C=O) groups excluding carboxylic acids is 2. The molecule has 0 radical (unpaired) electrons. The van der Waals surface area contributed by atoms with Crippen molar-refractivity contribution in [3.8, 4) is 17.4 Å². The topological polar surface area (TPSA) is 143 Å². The van der Waals surface area contributed by atoms with E-state index >= 15 is 0 Å². The third-order valence-corrected chi connectivity index (χ3v) is 8.38. The van der Waals surface area contributed by atoms with E-state index in [1.165, 1.54) is 6.20 Å². The minimum Gasteiger partial charge on any atom is -0.496 e. The highest BCUT2D eigenvalue weighted by atomic mass is 32.2. The number of benzene rings is 3. The lowest BCUT2D eigenvalue weighted by molar-refractivity contribution is -0.137. The first kappa shape index (κ1) is 39.5. The summed E-state index contributed by atoms with van der Waals surface area (Å²) in [6, 6.07) is 22.3. The number of alkyl halides is 3. The number of pyridine rings is 1. The number of para-hydroxylation sites is 1. The van der Waals surface area contributed by atoms with Gasteiger partial charge in [0.2, 0.25) is 5.88 Å². The third-order valence-electron chi connectivity index (χ3n) is 8.38. The largest absolute Gasteiger partial charge is 0.496 e. The normalized spacial score (nSPS) is 13.7. The molecule has 0 unspecified atom stereocenters. The number of halogens is 3. The minimum atomic E-state index is -4.48. The van der Waals surface area contributed by atoms with Crippen molar-refractivity contribution in [3.05, 3.63) is 120 Å². The molecule has 3 heterocycles. The maximum atomic E-state index is 13.5. The first-order valence-electron chi connectivity index (χ1n) is 16.5. The molecule has 0 atom stereocenters. The van der Waals surface area contributed by atoms with Crippen LogP contribution >= 0.6 is 0 Å². The highest BCUT2D eigenvalue weighted by Gasteiger charge is 2.30. The van der Waals surface area contributed by atoms with Gasteiger partial charge >= 0.3 is 6.18 Å². The van der Waals surface area contributed by atoms with Gasteiger partial charge in [-0.15, -0.1) is 0 Å². The average Bonchev–Trinajstić information content (AvgIpc) is 3.46. The van der Waals surface area contributed by atoms with Gasteiger partial charge in [0, 0.05) is 67.9 Å². The SMILES string of the molecule is COc1ccccc1/C=C/CN1CCN(C(=O)c2cc3cc(Oc4ccc(NC(=O)c5ccc(C(F)(F)F)cc5)cn4)ccc3n2C)CC1.CS(=O)(=O)O. The zero-order chi connectivity index (χ0) is 39.0. The van der Waals surface area contributed by atoms with E-state index < -0.39 is 27.8 Å². The van der Waals surface area contributed by atoms with E-state index in [2.05, 4.69) is 27.4 Å². The summed E-state index contributed by atoms with van der Waals surface area (Å²) in [7, 11) is -0.135. The van der Waals surface area contributed by atoms with Crippen LogP contribution in [0.1, 0.15) is 32.0 Å². The molecule has 1 aliphatic rings. The number of nitrogens with one attached hydrogen (secondary N) is 1. The molecule has 0 bridgehead atoms. The number of amides is 2. The summed E-state index contributed by atoms with van der Waals surface area (Å²) < 4.78 is 77.5. The monoisotopic (exact) mass is 765 g/mol. The van der Waals surface area contributed by atoms with Crippen molar-refractivity contribution in [2.75, 3.05) is 51.4 Å². The molecule has 2 N–H and O–H groups in total. The minimum absolute atomic E-state index is 0.0269. The summed E-state index contributed by atoms with van der Waals surface area (Å²) in [6.07, 6.45) is 1.81. The fraction of sp³-hybridized carbons (Fsp3) is 0.237. The Morgan fingerprint density at radius 2 is 1.65 bits per heavy atom. The second-order valence-corrected chi connectivity index (χ2v) is 13.8. The second kappa shape index (κ2) is 17.0. The van der Waals surface area contributed by atoms with Crippen molar-refractivity contribution in [2.45, 2.75) is 6.18 Å². The standard InChI is InChI=1S/C37H34F3N5O4.CH4O3S/c1-43-31-15-14-30(49-34-16-13-29(24-41-34)42-35(46)26-9-11-28(12-10-26)37(38,39)40)22-27(31)23-32(43)36(47)45-20-18-44(19-21-45)17-5-7-25-6-3-4-8-33(25)48-2;1-5(2,3)4/h3-16,22-24H,17-21H2,1-2H3,(H,42,46);1H3,(H,2,3,4)/b7-5+;. The number of fused-ring (bicyclic) bond motifs is 1. The third kappa shape index (κ3) is 10.7. The molecule has 12 nitrogen and oxygen atoms in total. The number of anilines is 1. The van der Waals surface area contributed by atoms with E-state index in [0.29, 0.717) is 36.5 Å². The first-order chi connectivity index (χ1) is 25.6. The number of aromatic nitrogens is 2. The molecule has 1 saturated heterocycles. The number of nitrogens with zero attached hydrogens (tertiary/aromatic N) is 4. The maximum absolute atomic E-state index is 13.5. The Morgan fingerprint density at radius 3 is 2.28 bits per heavy atom. The Labute approximate surface area is 310 Å². The van der Waals surface area contributed by atoms with Crippen LogP contribution in [0.5, 0.6) is 17.4 Å². The number of piperazine rings is 1. The lowest BCUT2D eigenvalue weighted by Crippen LogP contribution is -2.48. The van der Waals surface area contributed by atoms with Gasteiger partial charge in [0.1, 0.15) is 17.2 Å². The van der Waals surface area contributed by atoms with Gasteiger partial charge in [0.15, 0.2) is 0 Å². The molecule has 2 amide bonds. The molecule has 3 aromatic carbocycles. The molecular weight excluding hydrogens is 728 g/mol. The number of methoxy groups -OCH3 is 1. The predicted octanol–water partition coefficient (Wildman–Crippen LogP) is 6.62. The molecule has 0 spiro atoms. The zero-order valence-electron chi connectivity index (χ0n) is 29.6. The molecule has 0 aliphatic carbocycles. The summed E-state index contributed by atoms with van der Waals surface area (Å²) in [6.45, 7) is 3.59. The summed E-state index contributed by atoms with van der Waals surface area (Å²) in [4.78, 5) is 34.5. The van der Waals surface area contributed by atoms with Crippen molar-refractivity contribution >= 4 is 44.6 Å². The van der Waals surface area contributed by atoms with Crippen LogP contribution in [0.15, 0.2) is 97.2 Å². The highest BCUT2D eigenvalue weighted by Crippen LogP contribution is 2.30. The van der Waals surface area contributed by atoms with Gasteiger partial charge in [-0.2, -0.15) is 21.6 Å². The lowest BCUT2D eigenvalue weighted by atomic mass is 10.1. The van der Waals surface area contributed by atoms with E-state index in [1.807, 2.05) is 59.0 Å². The van der Waals surface area contributed by atoms with Crippen LogP contribution in [0.2, 0.25) is 0 Å². The molecule has 0 saturated carbocycles. The molecule has 5 aromatic rings. The summed E-state index contributed by atoms with van der Waals surface area (Å²) in [5, 5.41) is 3.45. The maximum Gasteiger partial charge on any atom is 0.416 e. The van der Waals surface area contributed by atoms with Crippen LogP contribution in [-0.4, -0.2) is 90.2 Å². The Kier molecular flexibility index (Phi) is 12.4. The van der Waals surface area contributed by atoms with E-state index in [-0.39, 0.29) is 17.4 Å². The van der Waals surface area contributed by atoms with Crippen LogP contribution in [0.25, 0.3) is 17.0 Å². The van der Waals surface area contributed by atoms with Gasteiger partial charge < -0.3 is 24.3 Å². The summed E-state index contributed by atoms with van der Waals surface area (Å²) >= 11 is 0. The van der Waals surface area contributed by atoms with Crippen molar-refractivity contribution < 1.29 is 45.2 Å². The second-order valence-electron chi connectivity index (χ2n) is 12.3. The van der Waals surface area contributed by atoms with Crippen molar-refractivity contribution in [3.63, 3.8) is 0 Å². The molecule has 54 heavy (non-hydrogen) atoms. The Balaban J connectivity index is 0.00000105. The number of ether oxygens (including phenoxy) is 2. The van der Waals surface area contributed by atoms with E-state index in [1.54, 1.807) is 25.3 Å². The summed E-state index contributed by atoms with van der Waals surface area (Å²) in [5.74, 6) is 1.03. The smallest absolute Gasteiger partial charge is 0.416 e. The van der Waals surface area contributed by atoms with Crippen LogP contribution in [-0.2, 0) is 23.3 Å². The zero-order valence-corrected chi connectivity index (χ0v) is 30.4. The van der Waals surface area contributed by atoms with Crippen molar-refractivity contribution in [1.82, 2.24) is 19.4 Å².